The summed E-state index contributed by atoms with van der Waals surface area (Å²) >= 11 is 12.1. The van der Waals surface area contributed by atoms with Crippen LogP contribution in [0.25, 0.3) is 5.57 Å². The molecule has 0 amide bonds. The minimum absolute atomic E-state index is 0.125. The number of rotatable bonds is 2. The van der Waals surface area contributed by atoms with Gasteiger partial charge in [-0.25, -0.2) is 4.39 Å². The molecule has 1 aliphatic carbocycles. The molecule has 0 atom stereocenters. The number of aromatic nitrogens is 2. The predicted octanol–water partition coefficient (Wildman–Crippen LogP) is 5.28. The second-order valence-electron chi connectivity index (χ2n) is 5.28. The largest absolute Gasteiger partial charge is 0.260 e. The summed E-state index contributed by atoms with van der Waals surface area (Å²) in [5.74, 6) is -0.125. The summed E-state index contributed by atoms with van der Waals surface area (Å²) in [6.45, 7) is 2.03. The molecule has 0 aliphatic heterocycles. The van der Waals surface area contributed by atoms with Gasteiger partial charge in [0.25, 0.3) is 0 Å². The third kappa shape index (κ3) is 2.85. The highest BCUT2D eigenvalue weighted by Crippen LogP contribution is 2.34. The molecule has 3 rings (SSSR count). The van der Waals surface area contributed by atoms with Crippen molar-refractivity contribution in [2.45, 2.75) is 32.7 Å². The van der Waals surface area contributed by atoms with Gasteiger partial charge >= 0.3 is 0 Å². The Kier molecular flexibility index (Phi) is 4.05. The molecule has 1 aromatic carbocycles. The summed E-state index contributed by atoms with van der Waals surface area (Å²) in [5, 5.41) is 5.62. The number of benzene rings is 1. The Morgan fingerprint density at radius 3 is 2.86 bits per heavy atom. The zero-order valence-electron chi connectivity index (χ0n) is 11.7. The van der Waals surface area contributed by atoms with Gasteiger partial charge in [0.15, 0.2) is 0 Å². The number of allylic oxidation sites excluding steroid dienone is 2. The summed E-state index contributed by atoms with van der Waals surface area (Å²) in [4.78, 5) is 0. The fourth-order valence-electron chi connectivity index (χ4n) is 2.80. The summed E-state index contributed by atoms with van der Waals surface area (Å²) in [7, 11) is 0. The van der Waals surface area contributed by atoms with Gasteiger partial charge in [-0.3, -0.25) is 4.68 Å². The van der Waals surface area contributed by atoms with E-state index in [9.17, 15) is 4.39 Å². The van der Waals surface area contributed by atoms with Crippen LogP contribution in [0, 0.1) is 0 Å². The first kappa shape index (κ1) is 14.6. The maximum absolute atomic E-state index is 13.8. The van der Waals surface area contributed by atoms with E-state index in [4.69, 9.17) is 23.2 Å². The third-order valence-electron chi connectivity index (χ3n) is 3.83. The van der Waals surface area contributed by atoms with Gasteiger partial charge in [-0.1, -0.05) is 29.3 Å². The molecule has 0 saturated heterocycles. The molecule has 0 bridgehead atoms. The second kappa shape index (κ2) is 5.82. The molecular weight excluding hydrogens is 310 g/mol. The van der Waals surface area contributed by atoms with E-state index in [1.165, 1.54) is 6.92 Å². The van der Waals surface area contributed by atoms with Crippen LogP contribution in [0.3, 0.4) is 0 Å². The molecule has 0 spiro atoms. The van der Waals surface area contributed by atoms with Gasteiger partial charge in [-0.15, -0.1) is 0 Å². The van der Waals surface area contributed by atoms with Crippen LogP contribution in [-0.4, -0.2) is 9.78 Å². The molecule has 2 nitrogen and oxygen atoms in total. The lowest BCUT2D eigenvalue weighted by molar-refractivity contribution is 0.619. The van der Waals surface area contributed by atoms with E-state index in [-0.39, 0.29) is 5.83 Å². The Labute approximate surface area is 133 Å². The van der Waals surface area contributed by atoms with E-state index in [1.807, 2.05) is 16.9 Å². The SMILES string of the molecule is C/C(F)=C1\CCCc2cnn(Cc3ccc(Cl)cc3Cl)c21. The average Bonchev–Trinajstić information content (AvgIpc) is 2.85. The minimum atomic E-state index is -0.125. The molecule has 21 heavy (non-hydrogen) atoms. The van der Waals surface area contributed by atoms with E-state index in [1.54, 1.807) is 12.1 Å². The lowest BCUT2D eigenvalue weighted by Crippen LogP contribution is -2.11. The summed E-state index contributed by atoms with van der Waals surface area (Å²) in [5.41, 5.74) is 3.71. The first-order chi connectivity index (χ1) is 10.1. The highest BCUT2D eigenvalue weighted by Gasteiger charge is 2.22. The van der Waals surface area contributed by atoms with E-state index in [0.717, 1.165) is 41.7 Å². The second-order valence-corrected chi connectivity index (χ2v) is 6.12. The van der Waals surface area contributed by atoms with Gasteiger partial charge in [-0.2, -0.15) is 5.10 Å². The van der Waals surface area contributed by atoms with Crippen molar-refractivity contribution in [1.82, 2.24) is 9.78 Å². The molecule has 110 valence electrons. The number of aryl methyl sites for hydroxylation is 1. The fraction of sp³-hybridized carbons (Fsp3) is 0.312. The normalized spacial score (nSPS) is 16.8. The van der Waals surface area contributed by atoms with Gasteiger partial charge in [-0.05, 0) is 49.4 Å². The van der Waals surface area contributed by atoms with Crippen LogP contribution in [0.1, 0.15) is 36.6 Å². The van der Waals surface area contributed by atoms with Crippen LogP contribution in [0.4, 0.5) is 4.39 Å². The van der Waals surface area contributed by atoms with Gasteiger partial charge in [0.1, 0.15) is 5.83 Å². The highest BCUT2D eigenvalue weighted by molar-refractivity contribution is 6.35. The standard InChI is InChI=1S/C16H15Cl2FN2/c1-10(19)14-4-2-3-11-8-20-21(16(11)14)9-12-5-6-13(17)7-15(12)18/h5-8H,2-4,9H2,1H3/b14-10-. The van der Waals surface area contributed by atoms with Crippen molar-refractivity contribution in [2.75, 3.05) is 0 Å². The molecule has 0 radical (unpaired) electrons. The highest BCUT2D eigenvalue weighted by atomic mass is 35.5. The molecule has 1 aromatic heterocycles. The van der Waals surface area contributed by atoms with Crippen LogP contribution in [-0.2, 0) is 13.0 Å². The Morgan fingerprint density at radius 1 is 1.33 bits per heavy atom. The van der Waals surface area contributed by atoms with E-state index in [0.29, 0.717) is 16.6 Å². The quantitative estimate of drug-likeness (QED) is 0.735. The van der Waals surface area contributed by atoms with Gasteiger partial charge in [0, 0.05) is 15.6 Å². The zero-order chi connectivity index (χ0) is 15.0. The molecular formula is C16H15Cl2FN2. The third-order valence-corrected chi connectivity index (χ3v) is 4.41. The first-order valence-corrected chi connectivity index (χ1v) is 7.66. The molecule has 0 unspecified atom stereocenters. The Balaban J connectivity index is 2.01. The average molecular weight is 325 g/mol. The number of nitrogens with zero attached hydrogens (tertiary/aromatic N) is 2. The van der Waals surface area contributed by atoms with Gasteiger partial charge in [0.05, 0.1) is 18.4 Å². The molecule has 0 N–H and O–H groups in total. The number of fused-ring (bicyclic) bond motifs is 1. The van der Waals surface area contributed by atoms with Crippen molar-refractivity contribution < 1.29 is 4.39 Å². The topological polar surface area (TPSA) is 17.8 Å². The van der Waals surface area contributed by atoms with Crippen LogP contribution in [0.15, 0.2) is 30.2 Å². The Bertz CT molecular complexity index is 715. The molecule has 2 aromatic rings. The lowest BCUT2D eigenvalue weighted by Gasteiger charge is -2.18. The van der Waals surface area contributed by atoms with Crippen LogP contribution < -0.4 is 0 Å². The van der Waals surface area contributed by atoms with Crippen molar-refractivity contribution >= 4 is 28.8 Å². The zero-order valence-corrected chi connectivity index (χ0v) is 13.2. The molecule has 5 heteroatoms. The molecule has 0 fully saturated rings. The van der Waals surface area contributed by atoms with Gasteiger partial charge in [0.2, 0.25) is 0 Å². The molecule has 0 saturated carbocycles. The Morgan fingerprint density at radius 2 is 2.14 bits per heavy atom. The maximum atomic E-state index is 13.8. The van der Waals surface area contributed by atoms with Crippen LogP contribution >= 0.6 is 23.2 Å². The van der Waals surface area contributed by atoms with E-state index >= 15 is 0 Å². The number of halogens is 3. The summed E-state index contributed by atoms with van der Waals surface area (Å²) in [6.07, 6.45) is 4.51. The molecule has 1 heterocycles. The summed E-state index contributed by atoms with van der Waals surface area (Å²) < 4.78 is 15.6. The van der Waals surface area contributed by atoms with Crippen molar-refractivity contribution in [3.63, 3.8) is 0 Å². The van der Waals surface area contributed by atoms with Gasteiger partial charge < -0.3 is 0 Å². The first-order valence-electron chi connectivity index (χ1n) is 6.90. The van der Waals surface area contributed by atoms with Crippen molar-refractivity contribution in [2.24, 2.45) is 0 Å². The summed E-state index contributed by atoms with van der Waals surface area (Å²) in [6, 6.07) is 5.40. The molecule has 1 aliphatic rings. The number of hydrogen-bond donors (Lipinski definition) is 0. The van der Waals surface area contributed by atoms with E-state index < -0.39 is 0 Å². The van der Waals surface area contributed by atoms with Crippen molar-refractivity contribution in [1.29, 1.82) is 0 Å². The van der Waals surface area contributed by atoms with Crippen LogP contribution in [0.5, 0.6) is 0 Å². The smallest absolute Gasteiger partial charge is 0.102 e. The predicted molar refractivity (Wildman–Crippen MR) is 84.4 cm³/mol. The monoisotopic (exact) mass is 324 g/mol. The van der Waals surface area contributed by atoms with E-state index in [2.05, 4.69) is 5.10 Å². The fourth-order valence-corrected chi connectivity index (χ4v) is 3.27. The Hall–Kier alpha value is -1.32. The van der Waals surface area contributed by atoms with Crippen LogP contribution in [0.2, 0.25) is 10.0 Å². The minimum Gasteiger partial charge on any atom is -0.260 e. The lowest BCUT2D eigenvalue weighted by atomic mass is 9.92. The van der Waals surface area contributed by atoms with Crippen molar-refractivity contribution in [3.05, 3.63) is 57.1 Å². The maximum Gasteiger partial charge on any atom is 0.102 e. The number of hydrogen-bond acceptors (Lipinski definition) is 1. The van der Waals surface area contributed by atoms with Crippen molar-refractivity contribution in [3.8, 4) is 0 Å².